The summed E-state index contributed by atoms with van der Waals surface area (Å²) in [5, 5.41) is 8.62. The molecule has 0 atom stereocenters. The molecular formula is C16H12Cl2N4O2. The second kappa shape index (κ2) is 6.51. The van der Waals surface area contributed by atoms with Crippen molar-refractivity contribution in [3.63, 3.8) is 0 Å². The van der Waals surface area contributed by atoms with E-state index in [0.717, 1.165) is 0 Å². The van der Waals surface area contributed by atoms with E-state index < -0.39 is 0 Å². The molecule has 0 saturated carbocycles. The molecular weight excluding hydrogens is 351 g/mol. The zero-order chi connectivity index (χ0) is 17.3. The SMILES string of the molecule is Nc1cccc(C(=O)NC2=NN(c3ccc(Cl)c(Cl)c3)C(=O)C2)c1. The fraction of sp³-hybridized carbons (Fsp3) is 0.0625. The second-order valence-corrected chi connectivity index (χ2v) is 5.92. The smallest absolute Gasteiger partial charge is 0.256 e. The van der Waals surface area contributed by atoms with E-state index in [1.165, 1.54) is 11.1 Å². The van der Waals surface area contributed by atoms with Gasteiger partial charge in [-0.25, -0.2) is 0 Å². The number of anilines is 2. The van der Waals surface area contributed by atoms with Gasteiger partial charge in [-0.1, -0.05) is 29.3 Å². The number of rotatable bonds is 2. The summed E-state index contributed by atoms with van der Waals surface area (Å²) >= 11 is 11.8. The van der Waals surface area contributed by atoms with Crippen molar-refractivity contribution in [2.75, 3.05) is 10.7 Å². The fourth-order valence-corrected chi connectivity index (χ4v) is 2.49. The molecule has 3 rings (SSSR count). The molecule has 122 valence electrons. The number of nitrogen functional groups attached to an aromatic ring is 1. The van der Waals surface area contributed by atoms with Crippen molar-refractivity contribution in [2.24, 2.45) is 5.10 Å². The zero-order valence-electron chi connectivity index (χ0n) is 12.3. The first-order valence-electron chi connectivity index (χ1n) is 6.96. The topological polar surface area (TPSA) is 87.8 Å². The zero-order valence-corrected chi connectivity index (χ0v) is 13.8. The maximum Gasteiger partial charge on any atom is 0.256 e. The van der Waals surface area contributed by atoms with Crippen LogP contribution >= 0.6 is 23.2 Å². The van der Waals surface area contributed by atoms with Gasteiger partial charge in [0.2, 0.25) is 0 Å². The van der Waals surface area contributed by atoms with Crippen molar-refractivity contribution in [3.8, 4) is 0 Å². The van der Waals surface area contributed by atoms with E-state index in [1.807, 2.05) is 0 Å². The maximum atomic E-state index is 12.2. The largest absolute Gasteiger partial charge is 0.399 e. The fourth-order valence-electron chi connectivity index (χ4n) is 2.20. The van der Waals surface area contributed by atoms with Crippen LogP contribution in [0.5, 0.6) is 0 Å². The summed E-state index contributed by atoms with van der Waals surface area (Å²) < 4.78 is 0. The predicted octanol–water partition coefficient (Wildman–Crippen LogP) is 3.06. The van der Waals surface area contributed by atoms with Crippen LogP contribution in [-0.2, 0) is 4.79 Å². The molecule has 0 spiro atoms. The van der Waals surface area contributed by atoms with Crippen molar-refractivity contribution < 1.29 is 9.59 Å². The molecule has 2 amide bonds. The van der Waals surface area contributed by atoms with Crippen molar-refractivity contribution >= 4 is 52.2 Å². The summed E-state index contributed by atoms with van der Waals surface area (Å²) in [5.41, 5.74) is 6.99. The molecule has 0 radical (unpaired) electrons. The van der Waals surface area contributed by atoms with Crippen molar-refractivity contribution in [2.45, 2.75) is 6.42 Å². The van der Waals surface area contributed by atoms with Crippen LogP contribution in [-0.4, -0.2) is 17.6 Å². The summed E-state index contributed by atoms with van der Waals surface area (Å²) in [6.45, 7) is 0. The second-order valence-electron chi connectivity index (χ2n) is 5.11. The van der Waals surface area contributed by atoms with Gasteiger partial charge in [-0.3, -0.25) is 9.59 Å². The highest BCUT2D eigenvalue weighted by Gasteiger charge is 2.27. The highest BCUT2D eigenvalue weighted by molar-refractivity contribution is 6.42. The van der Waals surface area contributed by atoms with Gasteiger partial charge in [-0.15, -0.1) is 0 Å². The molecule has 1 heterocycles. The van der Waals surface area contributed by atoms with Gasteiger partial charge in [0.15, 0.2) is 0 Å². The first kappa shape index (κ1) is 16.3. The number of nitrogens with zero attached hydrogens (tertiary/aromatic N) is 2. The number of amides is 2. The van der Waals surface area contributed by atoms with Crippen LogP contribution in [0.25, 0.3) is 0 Å². The molecule has 6 nitrogen and oxygen atoms in total. The van der Waals surface area contributed by atoms with Crippen molar-refractivity contribution in [3.05, 3.63) is 58.1 Å². The Morgan fingerprint density at radius 3 is 2.67 bits per heavy atom. The number of hydrazone groups is 1. The van der Waals surface area contributed by atoms with E-state index >= 15 is 0 Å². The van der Waals surface area contributed by atoms with Crippen molar-refractivity contribution in [1.29, 1.82) is 0 Å². The van der Waals surface area contributed by atoms with Gasteiger partial charge in [-0.2, -0.15) is 10.1 Å². The van der Waals surface area contributed by atoms with Gasteiger partial charge >= 0.3 is 0 Å². The molecule has 0 aromatic heterocycles. The Morgan fingerprint density at radius 2 is 1.96 bits per heavy atom. The number of halogens is 2. The van der Waals surface area contributed by atoms with Crippen LogP contribution in [0.4, 0.5) is 11.4 Å². The Morgan fingerprint density at radius 1 is 1.17 bits per heavy atom. The van der Waals surface area contributed by atoms with E-state index in [4.69, 9.17) is 28.9 Å². The van der Waals surface area contributed by atoms with Crippen LogP contribution in [0, 0.1) is 0 Å². The minimum Gasteiger partial charge on any atom is -0.399 e. The molecule has 0 bridgehead atoms. The van der Waals surface area contributed by atoms with E-state index in [2.05, 4.69) is 10.4 Å². The van der Waals surface area contributed by atoms with Gasteiger partial charge in [0.1, 0.15) is 5.84 Å². The Hall–Kier alpha value is -2.57. The average Bonchev–Trinajstić information content (AvgIpc) is 2.90. The minimum atomic E-state index is -0.384. The quantitative estimate of drug-likeness (QED) is 0.804. The highest BCUT2D eigenvalue weighted by atomic mass is 35.5. The van der Waals surface area contributed by atoms with Crippen LogP contribution in [0.3, 0.4) is 0 Å². The monoisotopic (exact) mass is 362 g/mol. The lowest BCUT2D eigenvalue weighted by molar-refractivity contribution is -0.116. The van der Waals surface area contributed by atoms with Crippen LogP contribution in [0.15, 0.2) is 47.6 Å². The summed E-state index contributed by atoms with van der Waals surface area (Å²) in [6, 6.07) is 11.3. The lowest BCUT2D eigenvalue weighted by atomic mass is 10.2. The number of nitrogens with one attached hydrogen (secondary N) is 1. The first-order chi connectivity index (χ1) is 11.4. The number of benzene rings is 2. The average molecular weight is 363 g/mol. The number of carbonyl (C=O) groups is 2. The molecule has 8 heteroatoms. The van der Waals surface area contributed by atoms with Crippen LogP contribution < -0.4 is 16.1 Å². The summed E-state index contributed by atoms with van der Waals surface area (Å²) in [7, 11) is 0. The molecule has 2 aromatic carbocycles. The molecule has 2 aromatic rings. The summed E-state index contributed by atoms with van der Waals surface area (Å²) in [4.78, 5) is 24.3. The summed E-state index contributed by atoms with van der Waals surface area (Å²) in [6.07, 6.45) is -0.0195. The Kier molecular flexibility index (Phi) is 4.42. The number of hydrogen-bond donors (Lipinski definition) is 2. The lowest BCUT2D eigenvalue weighted by Crippen LogP contribution is -2.29. The number of hydrogen-bond acceptors (Lipinski definition) is 4. The normalized spacial score (nSPS) is 13.8. The minimum absolute atomic E-state index is 0.0195. The van der Waals surface area contributed by atoms with E-state index in [0.29, 0.717) is 27.0 Å². The molecule has 0 fully saturated rings. The molecule has 1 aliphatic heterocycles. The Bertz CT molecular complexity index is 867. The van der Waals surface area contributed by atoms with Gasteiger partial charge < -0.3 is 11.1 Å². The molecule has 3 N–H and O–H groups in total. The molecule has 0 aliphatic carbocycles. The Balaban J connectivity index is 1.79. The maximum absolute atomic E-state index is 12.2. The lowest BCUT2D eigenvalue weighted by Gasteiger charge is -2.11. The number of nitrogens with two attached hydrogens (primary N) is 1. The molecule has 0 unspecified atom stereocenters. The van der Waals surface area contributed by atoms with Gasteiger partial charge in [0.25, 0.3) is 11.8 Å². The van der Waals surface area contributed by atoms with E-state index in [-0.39, 0.29) is 24.1 Å². The third-order valence-electron chi connectivity index (χ3n) is 3.33. The predicted molar refractivity (Wildman–Crippen MR) is 94.3 cm³/mol. The molecule has 24 heavy (non-hydrogen) atoms. The van der Waals surface area contributed by atoms with Crippen LogP contribution in [0.1, 0.15) is 16.8 Å². The van der Waals surface area contributed by atoms with Gasteiger partial charge in [-0.05, 0) is 36.4 Å². The van der Waals surface area contributed by atoms with Gasteiger partial charge in [0, 0.05) is 11.3 Å². The first-order valence-corrected chi connectivity index (χ1v) is 7.72. The standard InChI is InChI=1S/C16H12Cl2N4O2/c17-12-5-4-11(7-13(12)18)22-15(23)8-14(21-22)20-16(24)9-2-1-3-10(19)6-9/h1-7H,8,19H2,(H,20,21,24). The third kappa shape index (κ3) is 3.34. The van der Waals surface area contributed by atoms with Crippen molar-refractivity contribution in [1.82, 2.24) is 5.32 Å². The molecule has 0 saturated heterocycles. The summed E-state index contributed by atoms with van der Waals surface area (Å²) in [5.74, 6) is -0.417. The van der Waals surface area contributed by atoms with Crippen LogP contribution in [0.2, 0.25) is 10.0 Å². The number of amidine groups is 1. The highest BCUT2D eigenvalue weighted by Crippen LogP contribution is 2.29. The number of carbonyl (C=O) groups excluding carboxylic acids is 2. The third-order valence-corrected chi connectivity index (χ3v) is 4.07. The Labute approximate surface area is 147 Å². The van der Waals surface area contributed by atoms with E-state index in [1.54, 1.807) is 36.4 Å². The van der Waals surface area contributed by atoms with E-state index in [9.17, 15) is 9.59 Å². The molecule has 1 aliphatic rings. The van der Waals surface area contributed by atoms with Gasteiger partial charge in [0.05, 0.1) is 22.2 Å².